The molecule has 0 saturated carbocycles. The molecule has 3 rings (SSSR count). The van der Waals surface area contributed by atoms with Crippen LogP contribution in [0.2, 0.25) is 0 Å². The molecule has 1 aromatic heterocycles. The zero-order valence-corrected chi connectivity index (χ0v) is 17.5. The lowest BCUT2D eigenvalue weighted by Gasteiger charge is -2.68. The quantitative estimate of drug-likeness (QED) is 0.766. The Balaban J connectivity index is 1.72. The monoisotopic (exact) mass is 393 g/mol. The van der Waals surface area contributed by atoms with E-state index in [1.807, 2.05) is 13.8 Å². The summed E-state index contributed by atoms with van der Waals surface area (Å²) in [5.74, 6) is 0.428. The Morgan fingerprint density at radius 3 is 2.46 bits per heavy atom. The maximum absolute atomic E-state index is 12.3. The molecule has 9 nitrogen and oxygen atoms in total. The van der Waals surface area contributed by atoms with Crippen molar-refractivity contribution in [3.05, 3.63) is 6.20 Å². The molecular weight excluding hydrogens is 362 g/mol. The van der Waals surface area contributed by atoms with Gasteiger partial charge in [-0.15, -0.1) is 5.10 Å². The number of hydrogen-bond acceptors (Lipinski definition) is 6. The van der Waals surface area contributed by atoms with E-state index in [-0.39, 0.29) is 28.8 Å². The fourth-order valence-corrected chi connectivity index (χ4v) is 4.91. The summed E-state index contributed by atoms with van der Waals surface area (Å²) in [5.41, 5.74) is -0.175. The van der Waals surface area contributed by atoms with Crippen LogP contribution in [0, 0.1) is 16.7 Å². The molecule has 3 heterocycles. The molecule has 28 heavy (non-hydrogen) atoms. The van der Waals surface area contributed by atoms with Gasteiger partial charge in [0.2, 0.25) is 0 Å². The van der Waals surface area contributed by atoms with E-state index < -0.39 is 12.1 Å². The highest BCUT2D eigenvalue weighted by Crippen LogP contribution is 2.52. The summed E-state index contributed by atoms with van der Waals surface area (Å²) in [5, 5.41) is 17.9. The standard InChI is InChI=1S/C19H31N5O4/c1-7-28-15(25)14(12(2)3)24-8-13(20-21-24)22-9-19(10-22)11-23(17(26)27)16(19)18(4,5)6/h8,12,14,16H,7,9-11H2,1-6H3,(H,26,27). The second-order valence-corrected chi connectivity index (χ2v) is 9.40. The summed E-state index contributed by atoms with van der Waals surface area (Å²) in [6.45, 7) is 14.3. The van der Waals surface area contributed by atoms with Gasteiger partial charge in [0.15, 0.2) is 11.9 Å². The van der Waals surface area contributed by atoms with E-state index >= 15 is 0 Å². The van der Waals surface area contributed by atoms with Gasteiger partial charge in [0.1, 0.15) is 0 Å². The number of esters is 1. The van der Waals surface area contributed by atoms with Crippen LogP contribution in [0.5, 0.6) is 0 Å². The fraction of sp³-hybridized carbons (Fsp3) is 0.789. The van der Waals surface area contributed by atoms with Gasteiger partial charge in [0.25, 0.3) is 0 Å². The fourth-order valence-electron chi connectivity index (χ4n) is 4.91. The number of nitrogens with zero attached hydrogens (tertiary/aromatic N) is 5. The van der Waals surface area contributed by atoms with Crippen LogP contribution in [0.25, 0.3) is 0 Å². The van der Waals surface area contributed by atoms with E-state index in [0.717, 1.165) is 13.1 Å². The Kier molecular flexibility index (Phi) is 5.05. The van der Waals surface area contributed by atoms with Crippen LogP contribution < -0.4 is 4.90 Å². The lowest BCUT2D eigenvalue weighted by Crippen LogP contribution is -2.81. The first-order chi connectivity index (χ1) is 13.0. The number of aromatic nitrogens is 3. The van der Waals surface area contributed by atoms with E-state index in [2.05, 4.69) is 36.0 Å². The van der Waals surface area contributed by atoms with E-state index in [1.165, 1.54) is 0 Å². The first-order valence-corrected chi connectivity index (χ1v) is 9.83. The van der Waals surface area contributed by atoms with Crippen molar-refractivity contribution < 1.29 is 19.4 Å². The number of likely N-dealkylation sites (tertiary alicyclic amines) is 1. The molecule has 2 atom stereocenters. The van der Waals surface area contributed by atoms with Crippen LogP contribution in [-0.4, -0.2) is 69.3 Å². The smallest absolute Gasteiger partial charge is 0.407 e. The van der Waals surface area contributed by atoms with Crippen LogP contribution in [0.3, 0.4) is 0 Å². The highest BCUT2D eigenvalue weighted by molar-refractivity contribution is 5.74. The zero-order chi connectivity index (χ0) is 20.9. The minimum absolute atomic E-state index is 0.0215. The lowest BCUT2D eigenvalue weighted by atomic mass is 9.58. The van der Waals surface area contributed by atoms with Crippen molar-refractivity contribution in [3.63, 3.8) is 0 Å². The second-order valence-electron chi connectivity index (χ2n) is 9.40. The molecule has 1 aromatic rings. The molecule has 2 saturated heterocycles. The highest BCUT2D eigenvalue weighted by Gasteiger charge is 2.64. The van der Waals surface area contributed by atoms with Gasteiger partial charge in [-0.3, -0.25) is 0 Å². The summed E-state index contributed by atoms with van der Waals surface area (Å²) in [4.78, 5) is 27.4. The van der Waals surface area contributed by atoms with Gasteiger partial charge in [-0.25, -0.2) is 14.3 Å². The predicted molar refractivity (Wildman–Crippen MR) is 103 cm³/mol. The van der Waals surface area contributed by atoms with Crippen molar-refractivity contribution in [2.75, 3.05) is 31.1 Å². The summed E-state index contributed by atoms with van der Waals surface area (Å²) < 4.78 is 6.75. The van der Waals surface area contributed by atoms with E-state index in [4.69, 9.17) is 4.74 Å². The van der Waals surface area contributed by atoms with Crippen LogP contribution in [0.15, 0.2) is 6.20 Å². The maximum Gasteiger partial charge on any atom is 0.407 e. The molecule has 2 fully saturated rings. The Hall–Kier alpha value is -2.32. The van der Waals surface area contributed by atoms with Gasteiger partial charge in [-0.2, -0.15) is 0 Å². The third kappa shape index (κ3) is 3.31. The lowest BCUT2D eigenvalue weighted by molar-refractivity contribution is -0.149. The molecule has 2 unspecified atom stereocenters. The third-order valence-corrected chi connectivity index (χ3v) is 5.72. The maximum atomic E-state index is 12.3. The number of anilines is 1. The number of carboxylic acid groups (broad SMARTS) is 1. The summed E-state index contributed by atoms with van der Waals surface area (Å²) >= 11 is 0. The zero-order valence-electron chi connectivity index (χ0n) is 17.5. The van der Waals surface area contributed by atoms with Crippen LogP contribution in [0.1, 0.15) is 47.6 Å². The average Bonchev–Trinajstić information content (AvgIpc) is 2.91. The predicted octanol–water partition coefficient (Wildman–Crippen LogP) is 2.25. The Morgan fingerprint density at radius 2 is 1.96 bits per heavy atom. The average molecular weight is 393 g/mol. The SMILES string of the molecule is CCOC(=O)C(C(C)C)n1cc(N2CC3(C2)CN(C(=O)O)C3C(C)(C)C)nn1. The Labute approximate surface area is 165 Å². The van der Waals surface area contributed by atoms with Gasteiger partial charge in [0, 0.05) is 25.0 Å². The largest absolute Gasteiger partial charge is 0.465 e. The van der Waals surface area contributed by atoms with Crippen LogP contribution >= 0.6 is 0 Å². The topological polar surface area (TPSA) is 101 Å². The summed E-state index contributed by atoms with van der Waals surface area (Å²) in [6, 6.07) is -0.531. The van der Waals surface area contributed by atoms with Gasteiger partial charge in [-0.1, -0.05) is 39.8 Å². The van der Waals surface area contributed by atoms with Gasteiger partial charge >= 0.3 is 12.1 Å². The number of rotatable bonds is 5. The van der Waals surface area contributed by atoms with E-state index in [0.29, 0.717) is 19.0 Å². The Bertz CT molecular complexity index is 748. The first kappa shape index (κ1) is 20.4. The molecule has 156 valence electrons. The number of carbonyl (C=O) groups is 2. The molecule has 9 heteroatoms. The highest BCUT2D eigenvalue weighted by atomic mass is 16.5. The van der Waals surface area contributed by atoms with Crippen molar-refractivity contribution in [1.29, 1.82) is 0 Å². The molecule has 2 aliphatic heterocycles. The number of carbonyl (C=O) groups excluding carboxylic acids is 1. The molecule has 0 radical (unpaired) electrons. The van der Waals surface area contributed by atoms with Crippen molar-refractivity contribution in [3.8, 4) is 0 Å². The molecule has 0 bridgehead atoms. The molecular formula is C19H31N5O4. The molecule has 0 aromatic carbocycles. The minimum Gasteiger partial charge on any atom is -0.465 e. The molecule has 2 aliphatic rings. The van der Waals surface area contributed by atoms with Crippen LogP contribution in [-0.2, 0) is 9.53 Å². The van der Waals surface area contributed by atoms with E-state index in [9.17, 15) is 14.7 Å². The van der Waals surface area contributed by atoms with Gasteiger partial charge in [0.05, 0.1) is 18.8 Å². The number of ether oxygens (including phenoxy) is 1. The Morgan fingerprint density at radius 1 is 1.32 bits per heavy atom. The summed E-state index contributed by atoms with van der Waals surface area (Å²) in [6.07, 6.45) is 0.929. The van der Waals surface area contributed by atoms with Gasteiger partial charge in [-0.05, 0) is 18.3 Å². The normalized spacial score (nSPS) is 22.0. The van der Waals surface area contributed by atoms with Crippen molar-refractivity contribution in [1.82, 2.24) is 19.9 Å². The first-order valence-electron chi connectivity index (χ1n) is 9.83. The minimum atomic E-state index is -0.857. The molecule has 1 N–H and O–H groups in total. The van der Waals surface area contributed by atoms with Crippen molar-refractivity contribution >= 4 is 17.9 Å². The molecule has 1 amide bonds. The van der Waals surface area contributed by atoms with Crippen molar-refractivity contribution in [2.45, 2.75) is 53.6 Å². The molecule has 1 spiro atoms. The van der Waals surface area contributed by atoms with Crippen molar-refractivity contribution in [2.24, 2.45) is 16.7 Å². The van der Waals surface area contributed by atoms with E-state index in [1.54, 1.807) is 22.7 Å². The second kappa shape index (κ2) is 6.93. The van der Waals surface area contributed by atoms with Gasteiger partial charge < -0.3 is 19.6 Å². The third-order valence-electron chi connectivity index (χ3n) is 5.72. The van der Waals surface area contributed by atoms with Crippen LogP contribution in [0.4, 0.5) is 10.6 Å². The summed E-state index contributed by atoms with van der Waals surface area (Å²) in [7, 11) is 0. The number of amides is 1. The molecule has 0 aliphatic carbocycles. The number of hydrogen-bond donors (Lipinski definition) is 1.